The van der Waals surface area contributed by atoms with Crippen LogP contribution in [0.3, 0.4) is 0 Å². The van der Waals surface area contributed by atoms with Crippen molar-refractivity contribution in [2.24, 2.45) is 5.92 Å². The number of aliphatic carboxylic acids is 1. The van der Waals surface area contributed by atoms with E-state index in [9.17, 15) is 9.59 Å². The molecule has 1 N–H and O–H groups in total. The minimum absolute atomic E-state index is 0.0583. The van der Waals surface area contributed by atoms with Gasteiger partial charge in [-0.05, 0) is 12.8 Å². The smallest absolute Gasteiger partial charge is 0.327 e. The van der Waals surface area contributed by atoms with Crippen molar-refractivity contribution in [2.45, 2.75) is 39.5 Å². The lowest BCUT2D eigenvalue weighted by molar-refractivity contribution is -0.143. The number of carbonyl (C=O) groups is 2. The topological polar surface area (TPSA) is 63.6 Å². The minimum Gasteiger partial charge on any atom is -0.478 e. The summed E-state index contributed by atoms with van der Waals surface area (Å²) in [6.07, 6.45) is 6.03. The Morgan fingerprint density at radius 1 is 1.35 bits per heavy atom. The lowest BCUT2D eigenvalue weighted by atomic mass is 10.00. The molecule has 0 aliphatic carbocycles. The SMILES string of the molecule is C=CC(=O)O.C=COC(=O)C(CC)CCCC. The molecule has 1 unspecified atom stereocenters. The van der Waals surface area contributed by atoms with Crippen LogP contribution in [0, 0.1) is 5.92 Å². The monoisotopic (exact) mass is 242 g/mol. The fourth-order valence-electron chi connectivity index (χ4n) is 1.12. The van der Waals surface area contributed by atoms with Crippen LogP contribution in [0.4, 0.5) is 0 Å². The van der Waals surface area contributed by atoms with Crippen molar-refractivity contribution in [3.63, 3.8) is 0 Å². The largest absolute Gasteiger partial charge is 0.478 e. The maximum atomic E-state index is 11.2. The van der Waals surface area contributed by atoms with Gasteiger partial charge in [0.05, 0.1) is 12.2 Å². The standard InChI is InChI=1S/C10H18O2.C3H4O2/c1-4-7-8-9(5-2)10(11)12-6-3;1-2-3(4)5/h6,9H,3-5,7-8H2,1-2H3;2H,1H2,(H,4,5). The van der Waals surface area contributed by atoms with E-state index in [4.69, 9.17) is 9.84 Å². The number of rotatable bonds is 7. The molecule has 4 nitrogen and oxygen atoms in total. The number of hydrogen-bond donors (Lipinski definition) is 1. The zero-order valence-electron chi connectivity index (χ0n) is 10.6. The van der Waals surface area contributed by atoms with Gasteiger partial charge in [0.15, 0.2) is 0 Å². The zero-order chi connectivity index (χ0) is 13.7. The average molecular weight is 242 g/mol. The summed E-state index contributed by atoms with van der Waals surface area (Å²) in [6, 6.07) is 0. The molecular weight excluding hydrogens is 220 g/mol. The third-order valence-corrected chi connectivity index (χ3v) is 2.11. The quantitative estimate of drug-likeness (QED) is 0.423. The highest BCUT2D eigenvalue weighted by Gasteiger charge is 2.15. The molecule has 0 radical (unpaired) electrons. The van der Waals surface area contributed by atoms with Crippen LogP contribution in [0.5, 0.6) is 0 Å². The van der Waals surface area contributed by atoms with E-state index in [1.807, 2.05) is 6.92 Å². The molecule has 0 bridgehead atoms. The number of ether oxygens (including phenoxy) is 1. The summed E-state index contributed by atoms with van der Waals surface area (Å²) in [5.41, 5.74) is 0. The Bertz CT molecular complexity index is 246. The highest BCUT2D eigenvalue weighted by atomic mass is 16.5. The van der Waals surface area contributed by atoms with Gasteiger partial charge in [-0.1, -0.05) is 39.8 Å². The summed E-state index contributed by atoms with van der Waals surface area (Å²) in [7, 11) is 0. The maximum Gasteiger partial charge on any atom is 0.327 e. The molecule has 0 aliphatic heterocycles. The van der Waals surface area contributed by atoms with Crippen molar-refractivity contribution in [3.8, 4) is 0 Å². The summed E-state index contributed by atoms with van der Waals surface area (Å²) in [5.74, 6) is -1.06. The van der Waals surface area contributed by atoms with Gasteiger partial charge >= 0.3 is 11.9 Å². The third kappa shape index (κ3) is 12.4. The van der Waals surface area contributed by atoms with Crippen molar-refractivity contribution in [1.29, 1.82) is 0 Å². The minimum atomic E-state index is -0.981. The van der Waals surface area contributed by atoms with Gasteiger partial charge in [0.1, 0.15) is 0 Å². The van der Waals surface area contributed by atoms with Crippen LogP contribution in [0.25, 0.3) is 0 Å². The normalized spacial score (nSPS) is 10.5. The molecule has 0 aromatic carbocycles. The summed E-state index contributed by atoms with van der Waals surface area (Å²) in [6.45, 7) is 10.4. The van der Waals surface area contributed by atoms with Crippen molar-refractivity contribution in [2.75, 3.05) is 0 Å². The first-order valence-electron chi connectivity index (χ1n) is 5.70. The van der Waals surface area contributed by atoms with E-state index in [0.717, 1.165) is 31.8 Å². The molecule has 0 aliphatic rings. The fraction of sp³-hybridized carbons (Fsp3) is 0.538. The van der Waals surface area contributed by atoms with Gasteiger partial charge in [0, 0.05) is 6.08 Å². The lowest BCUT2D eigenvalue weighted by Gasteiger charge is -2.10. The molecule has 4 heteroatoms. The molecule has 0 saturated heterocycles. The molecule has 98 valence electrons. The van der Waals surface area contributed by atoms with Gasteiger partial charge in [-0.3, -0.25) is 4.79 Å². The lowest BCUT2D eigenvalue weighted by Crippen LogP contribution is -2.14. The van der Waals surface area contributed by atoms with Crippen molar-refractivity contribution < 1.29 is 19.4 Å². The summed E-state index contributed by atoms with van der Waals surface area (Å²) < 4.78 is 4.72. The number of carboxylic acids is 1. The molecule has 0 aromatic rings. The van der Waals surface area contributed by atoms with Gasteiger partial charge in [-0.25, -0.2) is 4.79 Å². The predicted molar refractivity (Wildman–Crippen MR) is 67.4 cm³/mol. The molecule has 0 saturated carbocycles. The summed E-state index contributed by atoms with van der Waals surface area (Å²) in [4.78, 5) is 20.4. The van der Waals surface area contributed by atoms with Gasteiger partial charge in [0.25, 0.3) is 0 Å². The van der Waals surface area contributed by atoms with Crippen molar-refractivity contribution >= 4 is 11.9 Å². The summed E-state index contributed by atoms with van der Waals surface area (Å²) in [5, 5.41) is 7.60. The molecular formula is C13H22O4. The van der Waals surface area contributed by atoms with Gasteiger partial charge in [0.2, 0.25) is 0 Å². The van der Waals surface area contributed by atoms with Crippen molar-refractivity contribution in [1.82, 2.24) is 0 Å². The van der Waals surface area contributed by atoms with Crippen LogP contribution >= 0.6 is 0 Å². The molecule has 0 amide bonds. The van der Waals surface area contributed by atoms with Crippen LogP contribution in [0.2, 0.25) is 0 Å². The number of unbranched alkanes of at least 4 members (excludes halogenated alkanes) is 1. The summed E-state index contributed by atoms with van der Waals surface area (Å²) >= 11 is 0. The van der Waals surface area contributed by atoms with Crippen LogP contribution in [0.1, 0.15) is 39.5 Å². The highest BCUT2D eigenvalue weighted by Crippen LogP contribution is 2.14. The Balaban J connectivity index is 0. The number of carbonyl (C=O) groups excluding carboxylic acids is 1. The maximum absolute atomic E-state index is 11.2. The number of esters is 1. The van der Waals surface area contributed by atoms with Crippen LogP contribution in [-0.4, -0.2) is 17.0 Å². The Kier molecular flexibility index (Phi) is 13.1. The molecule has 0 rings (SSSR count). The van der Waals surface area contributed by atoms with E-state index < -0.39 is 5.97 Å². The van der Waals surface area contributed by atoms with Crippen LogP contribution in [0.15, 0.2) is 25.5 Å². The van der Waals surface area contributed by atoms with E-state index in [-0.39, 0.29) is 11.9 Å². The first kappa shape index (κ1) is 17.8. The third-order valence-electron chi connectivity index (χ3n) is 2.11. The molecule has 17 heavy (non-hydrogen) atoms. The van der Waals surface area contributed by atoms with E-state index in [1.165, 1.54) is 6.26 Å². The first-order valence-corrected chi connectivity index (χ1v) is 5.70. The van der Waals surface area contributed by atoms with E-state index >= 15 is 0 Å². The Hall–Kier alpha value is -1.58. The van der Waals surface area contributed by atoms with E-state index in [1.54, 1.807) is 0 Å². The Labute approximate surface area is 103 Å². The molecule has 1 atom stereocenters. The number of hydrogen-bond acceptors (Lipinski definition) is 3. The molecule has 0 aromatic heterocycles. The van der Waals surface area contributed by atoms with Crippen molar-refractivity contribution in [3.05, 3.63) is 25.5 Å². The second-order valence-corrected chi connectivity index (χ2v) is 3.39. The average Bonchev–Trinajstić information content (AvgIpc) is 2.31. The van der Waals surface area contributed by atoms with E-state index in [2.05, 4.69) is 20.1 Å². The van der Waals surface area contributed by atoms with Gasteiger partial charge in [-0.2, -0.15) is 0 Å². The number of carboxylic acid groups (broad SMARTS) is 1. The van der Waals surface area contributed by atoms with Crippen LogP contribution < -0.4 is 0 Å². The Morgan fingerprint density at radius 2 is 1.88 bits per heavy atom. The fourth-order valence-corrected chi connectivity index (χ4v) is 1.12. The zero-order valence-corrected chi connectivity index (χ0v) is 10.6. The van der Waals surface area contributed by atoms with E-state index in [0.29, 0.717) is 0 Å². The first-order chi connectivity index (χ1) is 8.03. The Morgan fingerprint density at radius 3 is 2.18 bits per heavy atom. The van der Waals surface area contributed by atoms with Gasteiger partial charge in [-0.15, -0.1) is 0 Å². The molecule has 0 fully saturated rings. The highest BCUT2D eigenvalue weighted by molar-refractivity contribution is 5.78. The van der Waals surface area contributed by atoms with Gasteiger partial charge < -0.3 is 9.84 Å². The van der Waals surface area contributed by atoms with Crippen LogP contribution in [-0.2, 0) is 14.3 Å². The second-order valence-electron chi connectivity index (χ2n) is 3.39. The second kappa shape index (κ2) is 12.5. The molecule has 0 spiro atoms. The molecule has 0 heterocycles. The predicted octanol–water partition coefficient (Wildman–Crippen LogP) is 3.15.